The second kappa shape index (κ2) is 4.68. The number of carboxylic acids is 1. The Balaban J connectivity index is 2.52. The van der Waals surface area contributed by atoms with Crippen LogP contribution >= 0.6 is 0 Å². The monoisotopic (exact) mass is 272 g/mol. The highest BCUT2D eigenvalue weighted by Gasteiger charge is 2.33. The number of rotatable bonds is 4. The van der Waals surface area contributed by atoms with Crippen LogP contribution in [-0.4, -0.2) is 17.9 Å². The quantitative estimate of drug-likeness (QED) is 0.915. The molecule has 104 valence electrons. The summed E-state index contributed by atoms with van der Waals surface area (Å²) in [6.45, 7) is 3.31. The number of alkyl halides is 2. The maximum atomic E-state index is 12.9. The van der Waals surface area contributed by atoms with Crippen molar-refractivity contribution in [2.24, 2.45) is 0 Å². The van der Waals surface area contributed by atoms with E-state index in [1.807, 2.05) is 0 Å². The standard InChI is InChI=1S/C13H14F2O4/c1-13(2,5-10(16)17)8-3-7(12(14)15)4-9-11(8)19-6-18-9/h3-4,12H,5-6H2,1-2H3,(H,16,17). The second-order valence-corrected chi connectivity index (χ2v) is 5.06. The molecule has 6 heteroatoms. The maximum absolute atomic E-state index is 12.9. The van der Waals surface area contributed by atoms with Crippen LogP contribution in [0, 0.1) is 0 Å². The van der Waals surface area contributed by atoms with Crippen LogP contribution in [0.25, 0.3) is 0 Å². The van der Waals surface area contributed by atoms with Crippen molar-refractivity contribution in [1.29, 1.82) is 0 Å². The fourth-order valence-corrected chi connectivity index (χ4v) is 2.13. The minimum atomic E-state index is -2.64. The molecule has 1 aromatic carbocycles. The molecule has 1 aromatic rings. The van der Waals surface area contributed by atoms with Gasteiger partial charge in [0, 0.05) is 16.5 Å². The number of ether oxygens (including phenoxy) is 2. The first kappa shape index (κ1) is 13.6. The maximum Gasteiger partial charge on any atom is 0.304 e. The van der Waals surface area contributed by atoms with Crippen LogP contribution in [0.15, 0.2) is 12.1 Å². The van der Waals surface area contributed by atoms with Gasteiger partial charge in [0.1, 0.15) is 0 Å². The number of carbonyl (C=O) groups is 1. The van der Waals surface area contributed by atoms with Crippen LogP contribution in [0.5, 0.6) is 11.5 Å². The van der Waals surface area contributed by atoms with Crippen LogP contribution in [0.3, 0.4) is 0 Å². The molecule has 0 bridgehead atoms. The Morgan fingerprint density at radius 2 is 2.11 bits per heavy atom. The zero-order chi connectivity index (χ0) is 14.2. The van der Waals surface area contributed by atoms with Crippen molar-refractivity contribution >= 4 is 5.97 Å². The Morgan fingerprint density at radius 1 is 1.42 bits per heavy atom. The lowest BCUT2D eigenvalue weighted by Crippen LogP contribution is -2.22. The van der Waals surface area contributed by atoms with Crippen molar-refractivity contribution in [3.63, 3.8) is 0 Å². The van der Waals surface area contributed by atoms with Gasteiger partial charge in [-0.25, -0.2) is 8.78 Å². The molecule has 1 aliphatic heterocycles. The predicted octanol–water partition coefficient (Wildman–Crippen LogP) is 3.11. The molecular weight excluding hydrogens is 258 g/mol. The highest BCUT2D eigenvalue weighted by Crippen LogP contribution is 2.45. The lowest BCUT2D eigenvalue weighted by molar-refractivity contribution is -0.138. The summed E-state index contributed by atoms with van der Waals surface area (Å²) in [6.07, 6.45) is -2.83. The molecule has 19 heavy (non-hydrogen) atoms. The van der Waals surface area contributed by atoms with Gasteiger partial charge >= 0.3 is 5.97 Å². The number of fused-ring (bicyclic) bond motifs is 1. The summed E-state index contributed by atoms with van der Waals surface area (Å²) in [5.41, 5.74) is -0.591. The molecular formula is C13H14F2O4. The third-order valence-corrected chi connectivity index (χ3v) is 3.07. The average Bonchev–Trinajstić information content (AvgIpc) is 2.72. The summed E-state index contributed by atoms with van der Waals surface area (Å²) in [7, 11) is 0. The molecule has 4 nitrogen and oxygen atoms in total. The fourth-order valence-electron chi connectivity index (χ4n) is 2.13. The van der Waals surface area contributed by atoms with Gasteiger partial charge < -0.3 is 14.6 Å². The summed E-state index contributed by atoms with van der Waals surface area (Å²) in [4.78, 5) is 10.9. The third-order valence-electron chi connectivity index (χ3n) is 3.07. The molecule has 2 rings (SSSR count). The molecule has 0 spiro atoms. The summed E-state index contributed by atoms with van der Waals surface area (Å²) in [6, 6.07) is 2.52. The van der Waals surface area contributed by atoms with Crippen LogP contribution < -0.4 is 9.47 Å². The molecule has 0 radical (unpaired) electrons. The summed E-state index contributed by atoms with van der Waals surface area (Å²) >= 11 is 0. The van der Waals surface area contributed by atoms with Crippen molar-refractivity contribution < 1.29 is 28.2 Å². The van der Waals surface area contributed by atoms with Crippen molar-refractivity contribution in [3.05, 3.63) is 23.3 Å². The van der Waals surface area contributed by atoms with Gasteiger partial charge in [-0.3, -0.25) is 4.79 Å². The Kier molecular flexibility index (Phi) is 3.34. The van der Waals surface area contributed by atoms with E-state index >= 15 is 0 Å². The largest absolute Gasteiger partial charge is 0.481 e. The minimum Gasteiger partial charge on any atom is -0.481 e. The number of hydrogen-bond acceptors (Lipinski definition) is 3. The van der Waals surface area contributed by atoms with Crippen molar-refractivity contribution in [1.82, 2.24) is 0 Å². The van der Waals surface area contributed by atoms with E-state index in [1.54, 1.807) is 13.8 Å². The van der Waals surface area contributed by atoms with Gasteiger partial charge in [0.2, 0.25) is 6.79 Å². The van der Waals surface area contributed by atoms with E-state index < -0.39 is 17.8 Å². The van der Waals surface area contributed by atoms with E-state index in [2.05, 4.69) is 0 Å². The summed E-state index contributed by atoms with van der Waals surface area (Å²) in [5.74, 6) is -0.401. The van der Waals surface area contributed by atoms with E-state index in [4.69, 9.17) is 14.6 Å². The topological polar surface area (TPSA) is 55.8 Å². The highest BCUT2D eigenvalue weighted by atomic mass is 19.3. The van der Waals surface area contributed by atoms with Gasteiger partial charge in [0.25, 0.3) is 6.43 Å². The van der Waals surface area contributed by atoms with E-state index in [0.29, 0.717) is 11.3 Å². The zero-order valence-electron chi connectivity index (χ0n) is 10.6. The van der Waals surface area contributed by atoms with Crippen LogP contribution in [-0.2, 0) is 10.2 Å². The number of benzene rings is 1. The second-order valence-electron chi connectivity index (χ2n) is 5.06. The molecule has 0 saturated carbocycles. The first-order valence-corrected chi connectivity index (χ1v) is 5.75. The van der Waals surface area contributed by atoms with Crippen molar-refractivity contribution in [3.8, 4) is 11.5 Å². The third kappa shape index (κ3) is 2.62. The van der Waals surface area contributed by atoms with Crippen LogP contribution in [0.2, 0.25) is 0 Å². The molecule has 0 unspecified atom stereocenters. The zero-order valence-corrected chi connectivity index (χ0v) is 10.6. The summed E-state index contributed by atoms with van der Waals surface area (Å²) in [5, 5.41) is 8.92. The predicted molar refractivity (Wildman–Crippen MR) is 62.8 cm³/mol. The van der Waals surface area contributed by atoms with Crippen molar-refractivity contribution in [2.75, 3.05) is 6.79 Å². The summed E-state index contributed by atoms with van der Waals surface area (Å²) < 4.78 is 36.1. The lowest BCUT2D eigenvalue weighted by atomic mass is 9.80. The molecule has 0 amide bonds. The van der Waals surface area contributed by atoms with E-state index in [1.165, 1.54) is 12.1 Å². The molecule has 0 aromatic heterocycles. The van der Waals surface area contributed by atoms with Crippen LogP contribution in [0.4, 0.5) is 8.78 Å². The van der Waals surface area contributed by atoms with E-state index in [-0.39, 0.29) is 24.5 Å². The van der Waals surface area contributed by atoms with Gasteiger partial charge in [0.05, 0.1) is 6.42 Å². The minimum absolute atomic E-state index is 0.0435. The van der Waals surface area contributed by atoms with Gasteiger partial charge in [-0.1, -0.05) is 13.8 Å². The molecule has 0 aliphatic carbocycles. The fraction of sp³-hybridized carbons (Fsp3) is 0.462. The molecule has 1 N–H and O–H groups in total. The number of aliphatic carboxylic acids is 1. The number of hydrogen-bond donors (Lipinski definition) is 1. The number of halogens is 2. The van der Waals surface area contributed by atoms with E-state index in [0.717, 1.165) is 0 Å². The van der Waals surface area contributed by atoms with Gasteiger partial charge in [-0.2, -0.15) is 0 Å². The lowest BCUT2D eigenvalue weighted by Gasteiger charge is -2.25. The Hall–Kier alpha value is -1.85. The SMILES string of the molecule is CC(C)(CC(=O)O)c1cc(C(F)F)cc2c1OCO2. The molecule has 0 saturated heterocycles. The molecule has 1 heterocycles. The highest BCUT2D eigenvalue weighted by molar-refractivity contribution is 5.70. The smallest absolute Gasteiger partial charge is 0.304 e. The van der Waals surface area contributed by atoms with Gasteiger partial charge in [-0.05, 0) is 12.1 Å². The average molecular weight is 272 g/mol. The van der Waals surface area contributed by atoms with Crippen LogP contribution in [0.1, 0.15) is 37.8 Å². The van der Waals surface area contributed by atoms with E-state index in [9.17, 15) is 13.6 Å². The Morgan fingerprint density at radius 3 is 2.68 bits per heavy atom. The Labute approximate surface area is 108 Å². The van der Waals surface area contributed by atoms with Gasteiger partial charge in [-0.15, -0.1) is 0 Å². The molecule has 0 atom stereocenters. The first-order chi connectivity index (χ1) is 8.81. The molecule has 1 aliphatic rings. The van der Waals surface area contributed by atoms with Gasteiger partial charge in [0.15, 0.2) is 11.5 Å². The van der Waals surface area contributed by atoms with Crippen molar-refractivity contribution in [2.45, 2.75) is 32.1 Å². The Bertz CT molecular complexity index is 512. The number of carboxylic acid groups (broad SMARTS) is 1. The molecule has 0 fully saturated rings. The first-order valence-electron chi connectivity index (χ1n) is 5.75. The normalized spacial score (nSPS) is 13.9.